The lowest BCUT2D eigenvalue weighted by atomic mass is 9.98. The number of ether oxygens (including phenoxy) is 1. The summed E-state index contributed by atoms with van der Waals surface area (Å²) in [5.74, 6) is -1.89. The zero-order valence-corrected chi connectivity index (χ0v) is 6.67. The normalized spacial score (nSPS) is 30.1. The van der Waals surface area contributed by atoms with E-state index in [0.717, 1.165) is 0 Å². The molecule has 0 amide bonds. The van der Waals surface area contributed by atoms with E-state index in [4.69, 9.17) is 5.11 Å². The molecule has 13 heavy (non-hydrogen) atoms. The number of carboxylic acid groups (broad SMARTS) is 1. The van der Waals surface area contributed by atoms with E-state index in [2.05, 4.69) is 4.74 Å². The molecule has 0 spiro atoms. The summed E-state index contributed by atoms with van der Waals surface area (Å²) in [5, 5.41) is 8.47. The Labute approximate surface area is 72.5 Å². The smallest absolute Gasteiger partial charge is 0.414 e. The fourth-order valence-electron chi connectivity index (χ4n) is 1.20. The Balaban J connectivity index is 2.44. The predicted octanol–water partition coefficient (Wildman–Crippen LogP) is 1.43. The molecule has 76 valence electrons. The number of alkyl halides is 3. The first-order valence-corrected chi connectivity index (χ1v) is 3.82. The third-order valence-electron chi connectivity index (χ3n) is 1.99. The van der Waals surface area contributed by atoms with E-state index < -0.39 is 24.2 Å². The van der Waals surface area contributed by atoms with E-state index in [0.29, 0.717) is 0 Å². The lowest BCUT2D eigenvalue weighted by Crippen LogP contribution is -2.39. The van der Waals surface area contributed by atoms with Gasteiger partial charge < -0.3 is 9.84 Å². The number of aliphatic carboxylic acids is 1. The first kappa shape index (κ1) is 10.3. The molecule has 3 nitrogen and oxygen atoms in total. The van der Waals surface area contributed by atoms with Gasteiger partial charge in [-0.2, -0.15) is 13.2 Å². The average molecular weight is 198 g/mol. The maximum Gasteiger partial charge on any atom is 0.414 e. The first-order chi connectivity index (χ1) is 5.91. The Morgan fingerprint density at radius 2 is 2.00 bits per heavy atom. The molecule has 0 aromatic heterocycles. The molecular weight excluding hydrogens is 189 g/mol. The molecule has 1 N–H and O–H groups in total. The van der Waals surface area contributed by atoms with Crippen LogP contribution in [-0.4, -0.2) is 30.0 Å². The molecule has 1 heterocycles. The average Bonchev–Trinajstić information content (AvgIpc) is 2.03. The predicted molar refractivity (Wildman–Crippen MR) is 36.2 cm³/mol. The van der Waals surface area contributed by atoms with Gasteiger partial charge in [-0.05, 0) is 12.8 Å². The van der Waals surface area contributed by atoms with Gasteiger partial charge in [-0.25, -0.2) is 0 Å². The van der Waals surface area contributed by atoms with Gasteiger partial charge in [-0.3, -0.25) is 4.79 Å². The Bertz CT molecular complexity index is 194. The van der Waals surface area contributed by atoms with E-state index in [1.54, 1.807) is 0 Å². The standard InChI is InChI=1S/C7H9F3O3/c8-7(9,10)5-2-1-4(3-13-5)6(11)12/h4-5H,1-3H2,(H,11,12)/t4-,5-/m1/s1. The van der Waals surface area contributed by atoms with Crippen LogP contribution in [0.4, 0.5) is 13.2 Å². The van der Waals surface area contributed by atoms with Crippen molar-refractivity contribution in [1.82, 2.24) is 0 Å². The molecule has 1 aliphatic heterocycles. The van der Waals surface area contributed by atoms with Gasteiger partial charge in [0, 0.05) is 0 Å². The van der Waals surface area contributed by atoms with Gasteiger partial charge in [0.15, 0.2) is 6.10 Å². The van der Waals surface area contributed by atoms with Gasteiger partial charge in [0.1, 0.15) is 0 Å². The molecule has 0 aromatic rings. The number of rotatable bonds is 1. The largest absolute Gasteiger partial charge is 0.481 e. The summed E-state index contributed by atoms with van der Waals surface area (Å²) in [5.41, 5.74) is 0. The van der Waals surface area contributed by atoms with Gasteiger partial charge in [0.05, 0.1) is 12.5 Å². The molecule has 1 rings (SSSR count). The highest BCUT2D eigenvalue weighted by Crippen LogP contribution is 2.31. The van der Waals surface area contributed by atoms with Crippen LogP contribution < -0.4 is 0 Å². The van der Waals surface area contributed by atoms with Crippen LogP contribution in [0.3, 0.4) is 0 Å². The quantitative estimate of drug-likeness (QED) is 0.693. The van der Waals surface area contributed by atoms with Crippen molar-refractivity contribution < 1.29 is 27.8 Å². The van der Waals surface area contributed by atoms with Gasteiger partial charge in [-0.1, -0.05) is 0 Å². The SMILES string of the molecule is O=C(O)[C@@H]1CC[C@H](C(F)(F)F)OC1. The number of hydrogen-bond donors (Lipinski definition) is 1. The Morgan fingerprint density at radius 1 is 1.38 bits per heavy atom. The summed E-state index contributed by atoms with van der Waals surface area (Å²) in [6.07, 6.45) is -6.40. The zero-order valence-electron chi connectivity index (χ0n) is 6.67. The van der Waals surface area contributed by atoms with Crippen LogP contribution in [-0.2, 0) is 9.53 Å². The van der Waals surface area contributed by atoms with Gasteiger partial charge in [0.2, 0.25) is 0 Å². The van der Waals surface area contributed by atoms with E-state index in [1.165, 1.54) is 0 Å². The minimum absolute atomic E-state index is 0.0273. The Kier molecular flexibility index (Phi) is 2.80. The van der Waals surface area contributed by atoms with Crippen molar-refractivity contribution in [3.8, 4) is 0 Å². The first-order valence-electron chi connectivity index (χ1n) is 3.82. The van der Waals surface area contributed by atoms with Gasteiger partial charge in [0.25, 0.3) is 0 Å². The summed E-state index contributed by atoms with van der Waals surface area (Å²) in [6, 6.07) is 0. The minimum atomic E-state index is -4.37. The van der Waals surface area contributed by atoms with Crippen LogP contribution in [0.5, 0.6) is 0 Å². The van der Waals surface area contributed by atoms with Crippen molar-refractivity contribution in [3.05, 3.63) is 0 Å². The van der Waals surface area contributed by atoms with E-state index in [-0.39, 0.29) is 19.4 Å². The van der Waals surface area contributed by atoms with Gasteiger partial charge in [-0.15, -0.1) is 0 Å². The second kappa shape index (κ2) is 3.53. The number of carbonyl (C=O) groups is 1. The number of halogens is 3. The lowest BCUT2D eigenvalue weighted by Gasteiger charge is -2.28. The molecule has 2 atom stereocenters. The maximum atomic E-state index is 12.0. The van der Waals surface area contributed by atoms with Crippen LogP contribution >= 0.6 is 0 Å². The molecule has 1 saturated heterocycles. The van der Waals surface area contributed by atoms with Crippen molar-refractivity contribution in [3.63, 3.8) is 0 Å². The molecule has 1 fully saturated rings. The van der Waals surface area contributed by atoms with Crippen LogP contribution in [0.15, 0.2) is 0 Å². The minimum Gasteiger partial charge on any atom is -0.481 e. The van der Waals surface area contributed by atoms with Crippen molar-refractivity contribution in [2.45, 2.75) is 25.1 Å². The summed E-state index contributed by atoms with van der Waals surface area (Å²) in [7, 11) is 0. The topological polar surface area (TPSA) is 46.5 Å². The Morgan fingerprint density at radius 3 is 2.31 bits per heavy atom. The molecule has 0 aliphatic carbocycles. The molecular formula is C7H9F3O3. The Hall–Kier alpha value is -0.780. The van der Waals surface area contributed by atoms with Crippen molar-refractivity contribution in [2.24, 2.45) is 5.92 Å². The molecule has 0 unspecified atom stereocenters. The molecule has 0 bridgehead atoms. The number of carboxylic acids is 1. The third-order valence-corrected chi connectivity index (χ3v) is 1.99. The van der Waals surface area contributed by atoms with E-state index >= 15 is 0 Å². The maximum absolute atomic E-state index is 12.0. The highest BCUT2D eigenvalue weighted by molar-refractivity contribution is 5.70. The summed E-state index contributed by atoms with van der Waals surface area (Å²) < 4.78 is 40.4. The summed E-state index contributed by atoms with van der Waals surface area (Å²) in [6.45, 7) is -0.348. The fraction of sp³-hybridized carbons (Fsp3) is 0.857. The van der Waals surface area contributed by atoms with Crippen LogP contribution in [0.2, 0.25) is 0 Å². The molecule has 6 heteroatoms. The molecule has 0 aromatic carbocycles. The summed E-state index contributed by atoms with van der Waals surface area (Å²) in [4.78, 5) is 10.3. The van der Waals surface area contributed by atoms with Crippen LogP contribution in [0, 0.1) is 5.92 Å². The highest BCUT2D eigenvalue weighted by Gasteiger charge is 2.43. The van der Waals surface area contributed by atoms with Crippen LogP contribution in [0.25, 0.3) is 0 Å². The molecule has 1 aliphatic rings. The second-order valence-electron chi connectivity index (χ2n) is 2.98. The molecule has 0 radical (unpaired) electrons. The zero-order chi connectivity index (χ0) is 10.1. The fourth-order valence-corrected chi connectivity index (χ4v) is 1.20. The summed E-state index contributed by atoms with van der Waals surface area (Å²) >= 11 is 0. The third kappa shape index (κ3) is 2.58. The molecule has 0 saturated carbocycles. The lowest BCUT2D eigenvalue weighted by molar-refractivity contribution is -0.236. The highest BCUT2D eigenvalue weighted by atomic mass is 19.4. The van der Waals surface area contributed by atoms with Crippen molar-refractivity contribution in [2.75, 3.05) is 6.61 Å². The van der Waals surface area contributed by atoms with Gasteiger partial charge >= 0.3 is 12.1 Å². The van der Waals surface area contributed by atoms with Crippen LogP contribution in [0.1, 0.15) is 12.8 Å². The van der Waals surface area contributed by atoms with Crippen molar-refractivity contribution in [1.29, 1.82) is 0 Å². The monoisotopic (exact) mass is 198 g/mol. The van der Waals surface area contributed by atoms with Crippen molar-refractivity contribution >= 4 is 5.97 Å². The number of hydrogen-bond acceptors (Lipinski definition) is 2. The van der Waals surface area contributed by atoms with E-state index in [1.807, 2.05) is 0 Å². The van der Waals surface area contributed by atoms with E-state index in [9.17, 15) is 18.0 Å². The second-order valence-corrected chi connectivity index (χ2v) is 2.98.